The predicted octanol–water partition coefficient (Wildman–Crippen LogP) is 1.55. The summed E-state index contributed by atoms with van der Waals surface area (Å²) in [5, 5.41) is 10.1. The maximum absolute atomic E-state index is 11.6. The van der Waals surface area contributed by atoms with Crippen LogP contribution in [0.3, 0.4) is 0 Å². The van der Waals surface area contributed by atoms with Gasteiger partial charge in [0.2, 0.25) is 0 Å². The van der Waals surface area contributed by atoms with Crippen molar-refractivity contribution in [3.05, 3.63) is 36.1 Å². The second-order valence-corrected chi connectivity index (χ2v) is 3.18. The first-order chi connectivity index (χ1) is 8.19. The van der Waals surface area contributed by atoms with Crippen LogP contribution in [-0.4, -0.2) is 23.7 Å². The average molecular weight is 235 g/mol. The van der Waals surface area contributed by atoms with Gasteiger partial charge in [0.25, 0.3) is 5.91 Å². The lowest BCUT2D eigenvalue weighted by Crippen LogP contribution is -2.27. The van der Waals surface area contributed by atoms with Crippen molar-refractivity contribution in [3.63, 3.8) is 0 Å². The van der Waals surface area contributed by atoms with Gasteiger partial charge in [-0.15, -0.1) is 0 Å². The van der Waals surface area contributed by atoms with Crippen molar-refractivity contribution in [2.75, 3.05) is 11.7 Å². The molecule has 0 aliphatic heterocycles. The van der Waals surface area contributed by atoms with Crippen LogP contribution in [0.5, 0.6) is 0 Å². The number of hydrogen-bond acceptors (Lipinski definition) is 4. The van der Waals surface area contributed by atoms with Crippen LogP contribution in [0.15, 0.2) is 36.1 Å². The number of para-hydroxylation sites is 1. The van der Waals surface area contributed by atoms with Gasteiger partial charge in [-0.05, 0) is 19.1 Å². The van der Waals surface area contributed by atoms with E-state index in [1.54, 1.807) is 37.3 Å². The highest BCUT2D eigenvalue weighted by molar-refractivity contribution is 5.93. The van der Waals surface area contributed by atoms with E-state index in [2.05, 4.69) is 0 Å². The number of rotatable bonds is 5. The van der Waals surface area contributed by atoms with E-state index < -0.39 is 5.91 Å². The Bertz CT molecular complexity index is 423. The van der Waals surface area contributed by atoms with Gasteiger partial charge < -0.3 is 4.74 Å². The largest absolute Gasteiger partial charge is 0.486 e. The molecule has 5 nitrogen and oxygen atoms in total. The average Bonchev–Trinajstić information content (AvgIpc) is 2.38. The van der Waals surface area contributed by atoms with Crippen molar-refractivity contribution in [1.82, 2.24) is 0 Å². The van der Waals surface area contributed by atoms with E-state index in [1.807, 2.05) is 0 Å². The molecule has 0 aliphatic carbocycles. The number of anilines is 1. The molecule has 0 fully saturated rings. The fourth-order valence-corrected chi connectivity index (χ4v) is 1.22. The third-order valence-electron chi connectivity index (χ3n) is 1.98. The molecule has 0 saturated heterocycles. The molecule has 0 bridgehead atoms. The summed E-state index contributed by atoms with van der Waals surface area (Å²) in [6.45, 7) is 1.96. The Labute approximate surface area is 98.9 Å². The number of amides is 1. The summed E-state index contributed by atoms with van der Waals surface area (Å²) in [6.07, 6.45) is -0.317. The summed E-state index contributed by atoms with van der Waals surface area (Å²) in [5.41, 5.74) is 0.333. The first kappa shape index (κ1) is 13.0. The van der Waals surface area contributed by atoms with E-state index in [9.17, 15) is 14.8 Å². The minimum atomic E-state index is -0.650. The molecule has 0 atom stereocenters. The van der Waals surface area contributed by atoms with Gasteiger partial charge in [-0.3, -0.25) is 10.0 Å². The fourth-order valence-electron chi connectivity index (χ4n) is 1.22. The maximum atomic E-state index is 11.6. The van der Waals surface area contributed by atoms with Gasteiger partial charge in [0.1, 0.15) is 0 Å². The molecule has 0 radical (unpaired) electrons. The molecular weight excluding hydrogens is 222 g/mol. The van der Waals surface area contributed by atoms with E-state index >= 15 is 0 Å². The Hall–Kier alpha value is -2.10. The summed E-state index contributed by atoms with van der Waals surface area (Å²) >= 11 is 0. The topological polar surface area (TPSA) is 66.8 Å². The normalized spacial score (nSPS) is 9.29. The Morgan fingerprint density at radius 2 is 2.06 bits per heavy atom. The molecule has 1 aromatic carbocycles. The third kappa shape index (κ3) is 3.75. The van der Waals surface area contributed by atoms with Gasteiger partial charge in [-0.2, -0.15) is 5.06 Å². The van der Waals surface area contributed by atoms with Gasteiger partial charge >= 0.3 is 0 Å². The summed E-state index contributed by atoms with van der Waals surface area (Å²) < 4.78 is 4.88. The molecule has 90 valence electrons. The zero-order valence-electron chi connectivity index (χ0n) is 9.42. The molecule has 0 spiro atoms. The van der Waals surface area contributed by atoms with Crippen LogP contribution in [0.1, 0.15) is 13.3 Å². The Kier molecular flexibility index (Phi) is 4.94. The highest BCUT2D eigenvalue weighted by Crippen LogP contribution is 2.13. The highest BCUT2D eigenvalue weighted by Gasteiger charge is 2.16. The minimum Gasteiger partial charge on any atom is -0.486 e. The van der Waals surface area contributed by atoms with Crippen LogP contribution in [0.25, 0.3) is 0 Å². The van der Waals surface area contributed by atoms with Gasteiger partial charge in [-0.25, -0.2) is 4.79 Å². The zero-order chi connectivity index (χ0) is 12.7. The minimum absolute atomic E-state index is 0.118. The van der Waals surface area contributed by atoms with Crippen LogP contribution in [0.4, 0.5) is 5.69 Å². The first-order valence-corrected chi connectivity index (χ1v) is 5.12. The number of carbonyl (C=O) groups is 1. The quantitative estimate of drug-likeness (QED) is 0.364. The molecule has 1 amide bonds. The summed E-state index contributed by atoms with van der Waals surface area (Å²) in [5.74, 6) is 0.758. The van der Waals surface area contributed by atoms with Gasteiger partial charge in [0.15, 0.2) is 11.7 Å². The molecule has 0 heterocycles. The number of benzene rings is 1. The van der Waals surface area contributed by atoms with Gasteiger partial charge in [-0.1, -0.05) is 18.2 Å². The molecule has 1 aromatic rings. The van der Waals surface area contributed by atoms with Crippen molar-refractivity contribution in [2.24, 2.45) is 0 Å². The molecule has 5 heteroatoms. The van der Waals surface area contributed by atoms with Crippen molar-refractivity contribution < 1.29 is 19.5 Å². The second-order valence-electron chi connectivity index (χ2n) is 3.18. The van der Waals surface area contributed by atoms with Crippen LogP contribution in [-0.2, 0) is 14.3 Å². The van der Waals surface area contributed by atoms with E-state index in [1.165, 1.54) is 5.94 Å². The van der Waals surface area contributed by atoms with Gasteiger partial charge in [0.05, 0.1) is 18.7 Å². The monoisotopic (exact) mass is 235 g/mol. The molecular formula is C12H13NO4. The molecule has 1 N–H and O–H groups in total. The van der Waals surface area contributed by atoms with Crippen LogP contribution >= 0.6 is 0 Å². The van der Waals surface area contributed by atoms with Crippen molar-refractivity contribution in [2.45, 2.75) is 13.3 Å². The summed E-state index contributed by atoms with van der Waals surface area (Å²) in [6, 6.07) is 8.28. The molecule has 17 heavy (non-hydrogen) atoms. The van der Waals surface area contributed by atoms with E-state index in [0.717, 1.165) is 0 Å². The summed E-state index contributed by atoms with van der Waals surface area (Å²) in [4.78, 5) is 22.0. The number of nitrogens with zero attached hydrogens (tertiary/aromatic N) is 1. The summed E-state index contributed by atoms with van der Waals surface area (Å²) in [7, 11) is 0. The Balaban J connectivity index is 2.68. The predicted molar refractivity (Wildman–Crippen MR) is 61.2 cm³/mol. The molecule has 0 aliphatic rings. The van der Waals surface area contributed by atoms with Gasteiger partial charge in [0, 0.05) is 0 Å². The SMILES string of the molecule is CCOC(=C=O)CC(=O)N(O)c1ccccc1. The van der Waals surface area contributed by atoms with E-state index in [4.69, 9.17) is 4.74 Å². The second kappa shape index (κ2) is 6.48. The first-order valence-electron chi connectivity index (χ1n) is 5.12. The molecule has 0 unspecified atom stereocenters. The lowest BCUT2D eigenvalue weighted by atomic mass is 10.3. The lowest BCUT2D eigenvalue weighted by Gasteiger charge is -2.14. The van der Waals surface area contributed by atoms with Crippen molar-refractivity contribution >= 4 is 17.5 Å². The molecule has 1 rings (SSSR count). The van der Waals surface area contributed by atoms with E-state index in [0.29, 0.717) is 10.8 Å². The highest BCUT2D eigenvalue weighted by atomic mass is 16.5. The molecule has 0 aromatic heterocycles. The third-order valence-corrected chi connectivity index (χ3v) is 1.98. The van der Waals surface area contributed by atoms with E-state index in [-0.39, 0.29) is 18.8 Å². The fraction of sp³-hybridized carbons (Fsp3) is 0.250. The zero-order valence-corrected chi connectivity index (χ0v) is 9.42. The number of hydrogen-bond donors (Lipinski definition) is 1. The lowest BCUT2D eigenvalue weighted by molar-refractivity contribution is -0.123. The van der Waals surface area contributed by atoms with Crippen molar-refractivity contribution in [3.8, 4) is 0 Å². The van der Waals surface area contributed by atoms with Crippen LogP contribution in [0.2, 0.25) is 0 Å². The smallest absolute Gasteiger partial charge is 0.259 e. The maximum Gasteiger partial charge on any atom is 0.259 e. The Morgan fingerprint density at radius 3 is 2.59 bits per heavy atom. The van der Waals surface area contributed by atoms with Crippen LogP contribution in [0, 0.1) is 0 Å². The molecule has 0 saturated carbocycles. The number of carbonyl (C=O) groups excluding carboxylic acids is 2. The van der Waals surface area contributed by atoms with Crippen LogP contribution < -0.4 is 5.06 Å². The Morgan fingerprint density at radius 1 is 1.41 bits per heavy atom. The van der Waals surface area contributed by atoms with Crippen molar-refractivity contribution in [1.29, 1.82) is 0 Å². The standard InChI is InChI=1S/C12H13NO4/c1-2-17-11(9-14)8-12(15)13(16)10-6-4-3-5-7-10/h3-7,16H,2,8H2,1H3. The number of ether oxygens (including phenoxy) is 1. The number of hydroxylamine groups is 1.